The van der Waals surface area contributed by atoms with E-state index in [0.717, 1.165) is 21.3 Å². The van der Waals surface area contributed by atoms with Crippen molar-refractivity contribution in [3.63, 3.8) is 0 Å². The molecule has 0 aliphatic rings. The molecule has 3 rings (SSSR count). The van der Waals surface area contributed by atoms with E-state index in [1.54, 1.807) is 6.08 Å². The molecular formula is C19H17ClN2OS. The van der Waals surface area contributed by atoms with Gasteiger partial charge in [-0.3, -0.25) is 4.79 Å². The lowest BCUT2D eigenvalue weighted by atomic mass is 10.1. The van der Waals surface area contributed by atoms with Crippen LogP contribution >= 0.6 is 22.9 Å². The van der Waals surface area contributed by atoms with E-state index < -0.39 is 0 Å². The van der Waals surface area contributed by atoms with Crippen molar-refractivity contribution < 1.29 is 4.79 Å². The molecule has 0 unspecified atom stereocenters. The van der Waals surface area contributed by atoms with Gasteiger partial charge in [-0.25, -0.2) is 0 Å². The number of rotatable bonds is 3. The van der Waals surface area contributed by atoms with Gasteiger partial charge in [0.2, 0.25) is 0 Å². The lowest BCUT2D eigenvalue weighted by molar-refractivity contribution is 0.0998. The first-order chi connectivity index (χ1) is 11.5. The Morgan fingerprint density at radius 3 is 2.75 bits per heavy atom. The summed E-state index contributed by atoms with van der Waals surface area (Å²) in [5.74, 6) is -0.242. The van der Waals surface area contributed by atoms with E-state index in [1.165, 1.54) is 11.3 Å². The van der Waals surface area contributed by atoms with E-state index in [-0.39, 0.29) is 5.91 Å². The Labute approximate surface area is 149 Å². The van der Waals surface area contributed by atoms with Gasteiger partial charge in [-0.1, -0.05) is 35.1 Å². The topological polar surface area (TPSA) is 34.4 Å². The number of benzene rings is 2. The van der Waals surface area contributed by atoms with Crippen molar-refractivity contribution in [2.24, 2.45) is 4.99 Å². The molecule has 1 amide bonds. The van der Waals surface area contributed by atoms with Gasteiger partial charge in [0.15, 0.2) is 4.80 Å². The maximum Gasteiger partial charge on any atom is 0.279 e. The smallest absolute Gasteiger partial charge is 0.279 e. The summed E-state index contributed by atoms with van der Waals surface area (Å²) in [7, 11) is 0. The molecule has 24 heavy (non-hydrogen) atoms. The van der Waals surface area contributed by atoms with Crippen molar-refractivity contribution in [2.45, 2.75) is 20.4 Å². The first kappa shape index (κ1) is 16.7. The minimum Gasteiger partial charge on any atom is -0.312 e. The monoisotopic (exact) mass is 356 g/mol. The molecule has 1 heterocycles. The molecule has 5 heteroatoms. The van der Waals surface area contributed by atoms with Crippen molar-refractivity contribution in [3.8, 4) is 0 Å². The first-order valence-electron chi connectivity index (χ1n) is 7.55. The first-order valence-corrected chi connectivity index (χ1v) is 8.75. The summed E-state index contributed by atoms with van der Waals surface area (Å²) in [6.45, 7) is 8.39. The Balaban J connectivity index is 2.14. The quantitative estimate of drug-likeness (QED) is 0.614. The molecule has 0 saturated heterocycles. The van der Waals surface area contributed by atoms with Crippen molar-refractivity contribution in [1.29, 1.82) is 0 Å². The maximum atomic E-state index is 12.6. The number of fused-ring (bicyclic) bond motifs is 1. The zero-order chi connectivity index (χ0) is 17.3. The molecule has 0 aliphatic carbocycles. The minimum absolute atomic E-state index is 0.242. The third-order valence-electron chi connectivity index (χ3n) is 3.91. The van der Waals surface area contributed by atoms with E-state index in [0.29, 0.717) is 21.9 Å². The number of hydrogen-bond donors (Lipinski definition) is 0. The SMILES string of the molecule is C=CCn1c(=NC(=O)c2ccc(C)c(C)c2)sc2cc(Cl)ccc21. The zero-order valence-corrected chi connectivity index (χ0v) is 15.1. The van der Waals surface area contributed by atoms with Crippen molar-refractivity contribution in [2.75, 3.05) is 0 Å². The number of carbonyl (C=O) groups is 1. The van der Waals surface area contributed by atoms with E-state index in [4.69, 9.17) is 11.6 Å². The largest absolute Gasteiger partial charge is 0.312 e. The van der Waals surface area contributed by atoms with Crippen LogP contribution in [0, 0.1) is 13.8 Å². The molecule has 1 aromatic heterocycles. The second kappa shape index (κ2) is 6.75. The highest BCUT2D eigenvalue weighted by Crippen LogP contribution is 2.22. The average molecular weight is 357 g/mol. The lowest BCUT2D eigenvalue weighted by Crippen LogP contribution is -2.16. The number of allylic oxidation sites excluding steroid dienone is 1. The Kier molecular flexibility index (Phi) is 4.69. The Hall–Kier alpha value is -2.17. The second-order valence-electron chi connectivity index (χ2n) is 5.61. The normalized spacial score (nSPS) is 11.9. The van der Waals surface area contributed by atoms with Crippen molar-refractivity contribution >= 4 is 39.1 Å². The van der Waals surface area contributed by atoms with Crippen LogP contribution in [0.4, 0.5) is 0 Å². The van der Waals surface area contributed by atoms with Gasteiger partial charge in [0, 0.05) is 17.1 Å². The van der Waals surface area contributed by atoms with Crippen LogP contribution in [0.2, 0.25) is 5.02 Å². The predicted molar refractivity (Wildman–Crippen MR) is 101 cm³/mol. The Bertz CT molecular complexity index is 1010. The van der Waals surface area contributed by atoms with Gasteiger partial charge in [-0.2, -0.15) is 4.99 Å². The van der Waals surface area contributed by atoms with Gasteiger partial charge < -0.3 is 4.57 Å². The van der Waals surface area contributed by atoms with Crippen molar-refractivity contribution in [3.05, 3.63) is 75.6 Å². The Morgan fingerprint density at radius 1 is 1.25 bits per heavy atom. The average Bonchev–Trinajstić information content (AvgIpc) is 2.87. The van der Waals surface area contributed by atoms with E-state index in [9.17, 15) is 4.79 Å². The predicted octanol–water partition coefficient (Wildman–Crippen LogP) is 4.90. The number of nitrogens with zero attached hydrogens (tertiary/aromatic N) is 2. The third kappa shape index (κ3) is 3.21. The third-order valence-corrected chi connectivity index (χ3v) is 5.18. The van der Waals surface area contributed by atoms with Crippen LogP contribution in [-0.4, -0.2) is 10.5 Å². The van der Waals surface area contributed by atoms with Gasteiger partial charge >= 0.3 is 0 Å². The van der Waals surface area contributed by atoms with Crippen LogP contribution in [0.1, 0.15) is 21.5 Å². The molecule has 3 aromatic rings. The summed E-state index contributed by atoms with van der Waals surface area (Å²) in [6, 6.07) is 11.3. The molecule has 0 atom stereocenters. The molecule has 0 spiro atoms. The number of carbonyl (C=O) groups excluding carboxylic acids is 1. The van der Waals surface area contributed by atoms with Crippen LogP contribution in [-0.2, 0) is 6.54 Å². The molecule has 3 nitrogen and oxygen atoms in total. The summed E-state index contributed by atoms with van der Waals surface area (Å²) in [6.07, 6.45) is 1.79. The molecular weight excluding hydrogens is 340 g/mol. The van der Waals surface area contributed by atoms with E-state index in [2.05, 4.69) is 11.6 Å². The summed E-state index contributed by atoms with van der Waals surface area (Å²) in [5.41, 5.74) is 3.83. The summed E-state index contributed by atoms with van der Waals surface area (Å²) in [4.78, 5) is 17.5. The van der Waals surface area contributed by atoms with Gasteiger partial charge in [-0.15, -0.1) is 6.58 Å². The fourth-order valence-electron chi connectivity index (χ4n) is 2.46. The summed E-state index contributed by atoms with van der Waals surface area (Å²) < 4.78 is 2.97. The molecule has 0 bridgehead atoms. The molecule has 0 saturated carbocycles. The number of aryl methyl sites for hydroxylation is 2. The highest BCUT2D eigenvalue weighted by Gasteiger charge is 2.09. The number of thiazole rings is 1. The number of halogens is 1. The fourth-order valence-corrected chi connectivity index (χ4v) is 3.78. The van der Waals surface area contributed by atoms with E-state index in [1.807, 2.05) is 54.8 Å². The molecule has 0 aliphatic heterocycles. The van der Waals surface area contributed by atoms with Gasteiger partial charge in [0.25, 0.3) is 5.91 Å². The molecule has 2 aromatic carbocycles. The Morgan fingerprint density at radius 2 is 2.04 bits per heavy atom. The lowest BCUT2D eigenvalue weighted by Gasteiger charge is -2.02. The number of aromatic nitrogens is 1. The zero-order valence-electron chi connectivity index (χ0n) is 13.5. The second-order valence-corrected chi connectivity index (χ2v) is 7.06. The van der Waals surface area contributed by atoms with Gasteiger partial charge in [-0.05, 0) is 55.3 Å². The number of hydrogen-bond acceptors (Lipinski definition) is 2. The van der Waals surface area contributed by atoms with Crippen LogP contribution in [0.5, 0.6) is 0 Å². The van der Waals surface area contributed by atoms with E-state index >= 15 is 0 Å². The van der Waals surface area contributed by atoms with Crippen molar-refractivity contribution in [1.82, 2.24) is 4.57 Å². The molecule has 122 valence electrons. The number of amides is 1. The standard InChI is InChI=1S/C19H17ClN2OS/c1-4-9-22-16-8-7-15(20)11-17(16)24-19(22)21-18(23)14-6-5-12(2)13(3)10-14/h4-8,10-11H,1,9H2,2-3H3. The summed E-state index contributed by atoms with van der Waals surface area (Å²) in [5, 5.41) is 0.668. The van der Waals surface area contributed by atoms with Crippen LogP contribution in [0.15, 0.2) is 54.0 Å². The molecule has 0 radical (unpaired) electrons. The highest BCUT2D eigenvalue weighted by atomic mass is 35.5. The molecule has 0 N–H and O–H groups in total. The van der Waals surface area contributed by atoms with Crippen LogP contribution in [0.25, 0.3) is 10.2 Å². The highest BCUT2D eigenvalue weighted by molar-refractivity contribution is 7.16. The fraction of sp³-hybridized carbons (Fsp3) is 0.158. The maximum absolute atomic E-state index is 12.6. The summed E-state index contributed by atoms with van der Waals surface area (Å²) >= 11 is 7.52. The molecule has 0 fully saturated rings. The van der Waals surface area contributed by atoms with Crippen LogP contribution < -0.4 is 4.80 Å². The van der Waals surface area contributed by atoms with Gasteiger partial charge in [0.05, 0.1) is 10.2 Å². The van der Waals surface area contributed by atoms with Crippen LogP contribution in [0.3, 0.4) is 0 Å². The minimum atomic E-state index is -0.242. The van der Waals surface area contributed by atoms with Gasteiger partial charge in [0.1, 0.15) is 0 Å².